The number of nitrogens with zero attached hydrogens (tertiary/aromatic N) is 1. The van der Waals surface area contributed by atoms with Crippen LogP contribution in [0.3, 0.4) is 0 Å². The molecule has 2 N–H and O–H groups in total. The maximum absolute atomic E-state index is 11.5. The first-order chi connectivity index (χ1) is 10.4. The van der Waals surface area contributed by atoms with Crippen LogP contribution in [0.4, 0.5) is 5.69 Å². The highest BCUT2D eigenvalue weighted by atomic mass is 32.1. The van der Waals surface area contributed by atoms with E-state index >= 15 is 0 Å². The quantitative estimate of drug-likeness (QED) is 0.655. The van der Waals surface area contributed by atoms with Gasteiger partial charge in [-0.1, -0.05) is 26.0 Å². The Bertz CT molecular complexity index is 632. The third-order valence-electron chi connectivity index (χ3n) is 3.39. The van der Waals surface area contributed by atoms with Crippen molar-refractivity contribution in [1.82, 2.24) is 4.98 Å². The van der Waals surface area contributed by atoms with Gasteiger partial charge in [0.1, 0.15) is 0 Å². The van der Waals surface area contributed by atoms with E-state index in [0.29, 0.717) is 6.61 Å². The normalized spacial score (nSPS) is 11.4. The van der Waals surface area contributed by atoms with Gasteiger partial charge in [-0.2, -0.15) is 0 Å². The molecule has 0 radical (unpaired) electrons. The summed E-state index contributed by atoms with van der Waals surface area (Å²) in [6.45, 7) is 6.53. The lowest BCUT2D eigenvalue weighted by molar-refractivity contribution is -0.142. The van der Waals surface area contributed by atoms with Gasteiger partial charge < -0.3 is 10.5 Å². The first kappa shape index (κ1) is 16.5. The van der Waals surface area contributed by atoms with Crippen LogP contribution in [0.2, 0.25) is 0 Å². The lowest BCUT2D eigenvalue weighted by Gasteiger charge is -2.22. The Morgan fingerprint density at radius 2 is 2.00 bits per heavy atom. The van der Waals surface area contributed by atoms with E-state index < -0.39 is 0 Å². The summed E-state index contributed by atoms with van der Waals surface area (Å²) in [5.74, 6) is -0.226. The number of benzene rings is 1. The Morgan fingerprint density at radius 1 is 1.32 bits per heavy atom. The minimum absolute atomic E-state index is 0.0896. The molecule has 4 nitrogen and oxygen atoms in total. The molecule has 0 amide bonds. The first-order valence-electron chi connectivity index (χ1n) is 7.35. The molecule has 1 aromatic heterocycles. The molecule has 0 unspecified atom stereocenters. The van der Waals surface area contributed by atoms with Crippen molar-refractivity contribution in [2.75, 3.05) is 12.3 Å². The molecular weight excluding hydrogens is 296 g/mol. The second-order valence-corrected chi connectivity index (χ2v) is 6.79. The molecule has 0 atom stereocenters. The van der Waals surface area contributed by atoms with Crippen LogP contribution in [0.1, 0.15) is 37.0 Å². The molecule has 0 saturated heterocycles. The van der Waals surface area contributed by atoms with E-state index in [2.05, 4.69) is 18.8 Å². The Morgan fingerprint density at radius 3 is 2.64 bits per heavy atom. The lowest BCUT2D eigenvalue weighted by Crippen LogP contribution is -2.20. The number of esters is 1. The third-order valence-corrected chi connectivity index (χ3v) is 4.64. The summed E-state index contributed by atoms with van der Waals surface area (Å²) in [5, 5.41) is 2.97. The standard InChI is InChI=1S/C17H22N2O2S/c1-4-21-15(20)9-14-11-22-16(19-14)17(2,3)10-12-5-7-13(18)8-6-12/h5-8,11H,4,9-10,18H2,1-3H3. The molecule has 0 fully saturated rings. The van der Waals surface area contributed by atoms with Crippen molar-refractivity contribution in [3.05, 3.63) is 45.9 Å². The van der Waals surface area contributed by atoms with Crippen molar-refractivity contribution in [3.8, 4) is 0 Å². The van der Waals surface area contributed by atoms with Gasteiger partial charge in [0.15, 0.2) is 0 Å². The average Bonchev–Trinajstić information content (AvgIpc) is 2.91. The van der Waals surface area contributed by atoms with Crippen LogP contribution in [0, 0.1) is 0 Å². The number of carbonyl (C=O) groups is 1. The van der Waals surface area contributed by atoms with Crippen LogP contribution >= 0.6 is 11.3 Å². The fourth-order valence-electron chi connectivity index (χ4n) is 2.28. The maximum Gasteiger partial charge on any atom is 0.311 e. The third kappa shape index (κ3) is 4.31. The van der Waals surface area contributed by atoms with E-state index in [0.717, 1.165) is 22.8 Å². The van der Waals surface area contributed by atoms with E-state index in [-0.39, 0.29) is 17.8 Å². The summed E-state index contributed by atoms with van der Waals surface area (Å²) in [6.07, 6.45) is 1.11. The summed E-state index contributed by atoms with van der Waals surface area (Å²) >= 11 is 1.60. The number of aromatic nitrogens is 1. The lowest BCUT2D eigenvalue weighted by atomic mass is 9.86. The van der Waals surface area contributed by atoms with Gasteiger partial charge in [-0.05, 0) is 31.0 Å². The van der Waals surface area contributed by atoms with Gasteiger partial charge in [0, 0.05) is 16.5 Å². The van der Waals surface area contributed by atoms with Gasteiger partial charge in [-0.15, -0.1) is 11.3 Å². The Labute approximate surface area is 135 Å². The number of rotatable bonds is 6. The number of nitrogens with two attached hydrogens (primary N) is 1. The second-order valence-electron chi connectivity index (χ2n) is 5.93. The molecule has 0 aliphatic carbocycles. The Hall–Kier alpha value is -1.88. The van der Waals surface area contributed by atoms with Crippen molar-refractivity contribution in [1.29, 1.82) is 0 Å². The van der Waals surface area contributed by atoms with Crippen molar-refractivity contribution >= 4 is 23.0 Å². The fourth-order valence-corrected chi connectivity index (χ4v) is 3.23. The van der Waals surface area contributed by atoms with Crippen LogP contribution in [-0.2, 0) is 27.8 Å². The van der Waals surface area contributed by atoms with Crippen molar-refractivity contribution < 1.29 is 9.53 Å². The smallest absolute Gasteiger partial charge is 0.311 e. The Balaban J connectivity index is 2.07. The summed E-state index contributed by atoms with van der Waals surface area (Å²) < 4.78 is 4.96. The van der Waals surface area contributed by atoms with Gasteiger partial charge in [-0.25, -0.2) is 4.98 Å². The van der Waals surface area contributed by atoms with Gasteiger partial charge in [0.2, 0.25) is 0 Å². The number of carbonyl (C=O) groups excluding carboxylic acids is 1. The number of ether oxygens (including phenoxy) is 1. The van der Waals surface area contributed by atoms with Gasteiger partial charge in [0.25, 0.3) is 0 Å². The molecule has 0 spiro atoms. The SMILES string of the molecule is CCOC(=O)Cc1csc(C(C)(C)Cc2ccc(N)cc2)n1. The van der Waals surface area contributed by atoms with E-state index in [9.17, 15) is 4.79 Å². The van der Waals surface area contributed by atoms with Gasteiger partial charge in [-0.3, -0.25) is 4.79 Å². The van der Waals surface area contributed by atoms with E-state index in [1.165, 1.54) is 5.56 Å². The molecule has 2 rings (SSSR count). The molecule has 2 aromatic rings. The molecule has 1 heterocycles. The predicted octanol–water partition coefficient (Wildman–Crippen LogP) is 3.35. The molecular formula is C17H22N2O2S. The summed E-state index contributed by atoms with van der Waals surface area (Å²) in [6, 6.07) is 7.92. The van der Waals surface area contributed by atoms with Crippen molar-refractivity contribution in [2.45, 2.75) is 39.0 Å². The predicted molar refractivity (Wildman–Crippen MR) is 90.0 cm³/mol. The number of hydrogen-bond donors (Lipinski definition) is 1. The van der Waals surface area contributed by atoms with Crippen molar-refractivity contribution in [2.24, 2.45) is 0 Å². The molecule has 0 saturated carbocycles. The number of hydrogen-bond acceptors (Lipinski definition) is 5. The highest BCUT2D eigenvalue weighted by Gasteiger charge is 2.25. The molecule has 22 heavy (non-hydrogen) atoms. The van der Waals surface area contributed by atoms with Crippen LogP contribution < -0.4 is 5.73 Å². The van der Waals surface area contributed by atoms with Crippen LogP contribution in [-0.4, -0.2) is 17.6 Å². The molecule has 0 aliphatic rings. The van der Waals surface area contributed by atoms with E-state index in [4.69, 9.17) is 10.5 Å². The zero-order valence-electron chi connectivity index (χ0n) is 13.3. The Kier molecular flexibility index (Phi) is 5.19. The second kappa shape index (κ2) is 6.92. The highest BCUT2D eigenvalue weighted by molar-refractivity contribution is 7.09. The number of anilines is 1. The molecule has 5 heteroatoms. The minimum Gasteiger partial charge on any atom is -0.466 e. The largest absolute Gasteiger partial charge is 0.466 e. The molecule has 0 aliphatic heterocycles. The zero-order valence-corrected chi connectivity index (χ0v) is 14.1. The zero-order chi connectivity index (χ0) is 16.2. The number of thiazole rings is 1. The molecule has 118 valence electrons. The highest BCUT2D eigenvalue weighted by Crippen LogP contribution is 2.30. The van der Waals surface area contributed by atoms with Crippen LogP contribution in [0.15, 0.2) is 29.6 Å². The summed E-state index contributed by atoms with van der Waals surface area (Å²) in [7, 11) is 0. The van der Waals surface area contributed by atoms with E-state index in [1.54, 1.807) is 18.3 Å². The summed E-state index contributed by atoms with van der Waals surface area (Å²) in [5.41, 5.74) is 8.41. The average molecular weight is 318 g/mol. The van der Waals surface area contributed by atoms with Gasteiger partial charge >= 0.3 is 5.97 Å². The first-order valence-corrected chi connectivity index (χ1v) is 8.23. The van der Waals surface area contributed by atoms with Crippen LogP contribution in [0.25, 0.3) is 0 Å². The topological polar surface area (TPSA) is 65.2 Å². The number of nitrogen functional groups attached to an aromatic ring is 1. The minimum atomic E-state index is -0.226. The molecule has 1 aromatic carbocycles. The monoisotopic (exact) mass is 318 g/mol. The van der Waals surface area contributed by atoms with E-state index in [1.807, 2.05) is 29.6 Å². The fraction of sp³-hybridized carbons (Fsp3) is 0.412. The summed E-state index contributed by atoms with van der Waals surface area (Å²) in [4.78, 5) is 16.1. The molecule has 0 bridgehead atoms. The maximum atomic E-state index is 11.5. The van der Waals surface area contributed by atoms with Gasteiger partial charge in [0.05, 0.1) is 23.7 Å². The van der Waals surface area contributed by atoms with Crippen molar-refractivity contribution in [3.63, 3.8) is 0 Å². The van der Waals surface area contributed by atoms with Crippen LogP contribution in [0.5, 0.6) is 0 Å².